The number of hydrogen-bond donors (Lipinski definition) is 2. The van der Waals surface area contributed by atoms with Gasteiger partial charge in [-0.05, 0) is 49.9 Å². The summed E-state index contributed by atoms with van der Waals surface area (Å²) >= 11 is 0. The smallest absolute Gasteiger partial charge is 0.398 e. The number of benzene rings is 1. The molecule has 1 aliphatic carbocycles. The van der Waals surface area contributed by atoms with Gasteiger partial charge in [-0.3, -0.25) is 0 Å². The number of halogens is 3. The van der Waals surface area contributed by atoms with E-state index in [9.17, 15) is 21.6 Å². The van der Waals surface area contributed by atoms with E-state index in [2.05, 4.69) is 0 Å². The molecule has 0 unspecified atom stereocenters. The highest BCUT2D eigenvalue weighted by atomic mass is 32.2. The van der Waals surface area contributed by atoms with E-state index in [1.54, 1.807) is 18.6 Å². The van der Waals surface area contributed by atoms with Crippen molar-refractivity contribution in [2.45, 2.75) is 43.3 Å². The zero-order valence-corrected chi connectivity index (χ0v) is 11.8. The molecule has 0 aromatic heterocycles. The number of nitrogens with two attached hydrogens (primary N) is 1. The van der Waals surface area contributed by atoms with Crippen molar-refractivity contribution in [1.82, 2.24) is 4.72 Å². The monoisotopic (exact) mass is 308 g/mol. The lowest BCUT2D eigenvalue weighted by atomic mass is 10.1. The molecule has 1 saturated carbocycles. The molecule has 1 aromatic carbocycles. The van der Waals surface area contributed by atoms with Gasteiger partial charge in [0.15, 0.2) is 0 Å². The first-order valence-corrected chi connectivity index (χ1v) is 7.44. The van der Waals surface area contributed by atoms with E-state index >= 15 is 0 Å². The summed E-state index contributed by atoms with van der Waals surface area (Å²) < 4.78 is 64.4. The van der Waals surface area contributed by atoms with E-state index in [4.69, 9.17) is 5.73 Å². The van der Waals surface area contributed by atoms with Crippen molar-refractivity contribution in [3.05, 3.63) is 23.3 Å². The van der Waals surface area contributed by atoms with Crippen LogP contribution in [0.1, 0.15) is 24.0 Å². The Morgan fingerprint density at radius 1 is 1.25 bits per heavy atom. The number of rotatable bonds is 3. The summed E-state index contributed by atoms with van der Waals surface area (Å²) in [6.07, 6.45) is -5.07. The fourth-order valence-corrected chi connectivity index (χ4v) is 3.46. The molecule has 1 aromatic rings. The molecule has 4 nitrogen and oxygen atoms in total. The van der Waals surface area contributed by atoms with E-state index in [-0.39, 0.29) is 23.4 Å². The molecule has 1 fully saturated rings. The maximum absolute atomic E-state index is 12.8. The summed E-state index contributed by atoms with van der Waals surface area (Å²) in [5.41, 5.74) is 4.91. The fraction of sp³-hybridized carbons (Fsp3) is 0.500. The van der Waals surface area contributed by atoms with Gasteiger partial charge in [0.2, 0.25) is 10.0 Å². The first kappa shape index (κ1) is 15.1. The average molecular weight is 308 g/mol. The molecular weight excluding hydrogens is 293 g/mol. The summed E-state index contributed by atoms with van der Waals surface area (Å²) in [5, 5.41) is 0. The van der Waals surface area contributed by atoms with Crippen LogP contribution in [0.15, 0.2) is 17.0 Å². The van der Waals surface area contributed by atoms with Gasteiger partial charge in [0, 0.05) is 5.69 Å². The molecule has 0 aliphatic heterocycles. The van der Waals surface area contributed by atoms with E-state index in [1.807, 2.05) is 0 Å². The van der Waals surface area contributed by atoms with Crippen molar-refractivity contribution in [1.29, 1.82) is 0 Å². The Hall–Kier alpha value is -1.28. The van der Waals surface area contributed by atoms with Crippen molar-refractivity contribution in [3.8, 4) is 0 Å². The number of alkyl halides is 3. The highest BCUT2D eigenvalue weighted by molar-refractivity contribution is 7.89. The zero-order valence-electron chi connectivity index (χ0n) is 11.0. The summed E-state index contributed by atoms with van der Waals surface area (Å²) in [4.78, 5) is -0.242. The molecule has 112 valence electrons. The van der Waals surface area contributed by atoms with Gasteiger partial charge in [0.1, 0.15) is 5.54 Å². The minimum absolute atomic E-state index is 0.238. The van der Waals surface area contributed by atoms with Crippen LogP contribution in [-0.4, -0.2) is 20.1 Å². The van der Waals surface area contributed by atoms with Crippen LogP contribution in [0.4, 0.5) is 18.9 Å². The van der Waals surface area contributed by atoms with Crippen molar-refractivity contribution in [3.63, 3.8) is 0 Å². The lowest BCUT2D eigenvalue weighted by Crippen LogP contribution is -2.47. The van der Waals surface area contributed by atoms with Crippen molar-refractivity contribution in [2.75, 3.05) is 5.73 Å². The minimum Gasteiger partial charge on any atom is -0.398 e. The molecule has 20 heavy (non-hydrogen) atoms. The fourth-order valence-electron chi connectivity index (χ4n) is 1.89. The van der Waals surface area contributed by atoms with E-state index in [0.29, 0.717) is 11.1 Å². The molecule has 8 heteroatoms. The van der Waals surface area contributed by atoms with Gasteiger partial charge >= 0.3 is 6.18 Å². The largest absolute Gasteiger partial charge is 0.407 e. The van der Waals surface area contributed by atoms with E-state index < -0.39 is 21.7 Å². The van der Waals surface area contributed by atoms with E-state index in [0.717, 1.165) is 0 Å². The van der Waals surface area contributed by atoms with Gasteiger partial charge in [-0.1, -0.05) is 0 Å². The van der Waals surface area contributed by atoms with Crippen LogP contribution in [-0.2, 0) is 10.0 Å². The second-order valence-corrected chi connectivity index (χ2v) is 6.82. The Kier molecular flexibility index (Phi) is 3.29. The van der Waals surface area contributed by atoms with Crippen LogP contribution in [0.5, 0.6) is 0 Å². The van der Waals surface area contributed by atoms with E-state index in [1.165, 1.54) is 12.1 Å². The van der Waals surface area contributed by atoms with Crippen LogP contribution >= 0.6 is 0 Å². The van der Waals surface area contributed by atoms with Crippen molar-refractivity contribution < 1.29 is 21.6 Å². The Balaban J connectivity index is 2.38. The molecule has 0 radical (unpaired) electrons. The predicted octanol–water partition coefficient (Wildman–Crippen LogP) is 2.26. The van der Waals surface area contributed by atoms with Crippen LogP contribution < -0.4 is 10.5 Å². The number of sulfonamides is 1. The lowest BCUT2D eigenvalue weighted by Gasteiger charge is -2.21. The molecule has 0 amide bonds. The molecular formula is C12H15F3N2O2S. The Morgan fingerprint density at radius 2 is 1.80 bits per heavy atom. The van der Waals surface area contributed by atoms with Gasteiger partial charge in [0.05, 0.1) is 4.90 Å². The second kappa shape index (κ2) is 4.36. The summed E-state index contributed by atoms with van der Waals surface area (Å²) in [5.74, 6) is 0. The standard InChI is InChI=1S/C12H15F3N2O2S/c1-7-5-9(6-10(16)8(7)2)20(18,19)17-11(3-4-11)12(13,14)15/h5-6,17H,3-4,16H2,1-2H3. The molecule has 3 N–H and O–H groups in total. The maximum atomic E-state index is 12.8. The molecule has 0 saturated heterocycles. The van der Waals surface area contributed by atoms with Crippen LogP contribution in [0.2, 0.25) is 0 Å². The minimum atomic E-state index is -4.59. The topological polar surface area (TPSA) is 72.2 Å². The third-order valence-electron chi connectivity index (χ3n) is 3.61. The average Bonchev–Trinajstić information content (AvgIpc) is 3.04. The highest BCUT2D eigenvalue weighted by Crippen LogP contribution is 2.49. The highest BCUT2D eigenvalue weighted by Gasteiger charge is 2.65. The quantitative estimate of drug-likeness (QED) is 0.841. The number of aryl methyl sites for hydroxylation is 1. The lowest BCUT2D eigenvalue weighted by molar-refractivity contribution is -0.160. The third kappa shape index (κ3) is 2.49. The maximum Gasteiger partial charge on any atom is 0.407 e. The van der Waals surface area contributed by atoms with Gasteiger partial charge in [-0.15, -0.1) is 0 Å². The van der Waals surface area contributed by atoms with Crippen molar-refractivity contribution >= 4 is 15.7 Å². The SMILES string of the molecule is Cc1cc(S(=O)(=O)NC2(C(F)(F)F)CC2)cc(N)c1C. The first-order valence-electron chi connectivity index (χ1n) is 5.96. The van der Waals surface area contributed by atoms with Crippen LogP contribution in [0, 0.1) is 13.8 Å². The van der Waals surface area contributed by atoms with Gasteiger partial charge in [-0.25, -0.2) is 8.42 Å². The predicted molar refractivity (Wildman–Crippen MR) is 68.7 cm³/mol. The Bertz CT molecular complexity index is 626. The second-order valence-electron chi connectivity index (χ2n) is 5.14. The number of anilines is 1. The molecule has 0 heterocycles. The van der Waals surface area contributed by atoms with Crippen LogP contribution in [0.25, 0.3) is 0 Å². The van der Waals surface area contributed by atoms with Gasteiger partial charge < -0.3 is 5.73 Å². The molecule has 0 atom stereocenters. The molecule has 0 spiro atoms. The van der Waals surface area contributed by atoms with Crippen LogP contribution in [0.3, 0.4) is 0 Å². The summed E-state index contributed by atoms with van der Waals surface area (Å²) in [6.45, 7) is 3.37. The molecule has 1 aliphatic rings. The number of nitrogen functional groups attached to an aromatic ring is 1. The Labute approximate surface area is 115 Å². The first-order chi connectivity index (χ1) is 8.98. The summed E-state index contributed by atoms with van der Waals surface area (Å²) in [7, 11) is -4.25. The third-order valence-corrected chi connectivity index (χ3v) is 5.13. The summed E-state index contributed by atoms with van der Waals surface area (Å²) in [6, 6.07) is 2.50. The number of nitrogens with one attached hydrogen (secondary N) is 1. The van der Waals surface area contributed by atoms with Gasteiger partial charge in [0.25, 0.3) is 0 Å². The Morgan fingerprint density at radius 3 is 2.20 bits per heavy atom. The molecule has 2 rings (SSSR count). The molecule has 0 bridgehead atoms. The van der Waals surface area contributed by atoms with Gasteiger partial charge in [-0.2, -0.15) is 17.9 Å². The number of hydrogen-bond acceptors (Lipinski definition) is 3. The zero-order chi connectivity index (χ0) is 15.3. The van der Waals surface area contributed by atoms with Crippen molar-refractivity contribution in [2.24, 2.45) is 0 Å². The normalized spacial score (nSPS) is 18.1.